The van der Waals surface area contributed by atoms with Crippen molar-refractivity contribution in [3.05, 3.63) is 59.2 Å². The molecule has 0 saturated heterocycles. The van der Waals surface area contributed by atoms with Crippen LogP contribution in [0.5, 0.6) is 0 Å². The third-order valence-electron chi connectivity index (χ3n) is 4.38. The second-order valence-electron chi connectivity index (χ2n) is 6.32. The third kappa shape index (κ3) is 3.48. The van der Waals surface area contributed by atoms with Gasteiger partial charge in [0.15, 0.2) is 0 Å². The number of fused-ring (bicyclic) bond motifs is 1. The fourth-order valence-corrected chi connectivity index (χ4v) is 3.17. The minimum absolute atomic E-state index is 0.137. The number of amides is 2. The maximum atomic E-state index is 12.6. The number of nitrogens with one attached hydrogen (secondary N) is 1. The third-order valence-corrected chi connectivity index (χ3v) is 4.38. The molecule has 0 fully saturated rings. The molecule has 0 atom stereocenters. The summed E-state index contributed by atoms with van der Waals surface area (Å²) in [6.07, 6.45) is 1.78. The van der Waals surface area contributed by atoms with Crippen molar-refractivity contribution in [1.29, 1.82) is 0 Å². The van der Waals surface area contributed by atoms with Crippen LogP contribution in [-0.2, 0) is 16.0 Å². The van der Waals surface area contributed by atoms with Gasteiger partial charge in [0.1, 0.15) is 6.42 Å². The Bertz CT molecular complexity index is 783. The fourth-order valence-electron chi connectivity index (χ4n) is 3.17. The monoisotopic (exact) mass is 322 g/mol. The van der Waals surface area contributed by atoms with E-state index < -0.39 is 0 Å². The van der Waals surface area contributed by atoms with Gasteiger partial charge in [0.25, 0.3) is 0 Å². The van der Waals surface area contributed by atoms with Crippen molar-refractivity contribution in [3.63, 3.8) is 0 Å². The van der Waals surface area contributed by atoms with Crippen LogP contribution in [0.1, 0.15) is 29.5 Å². The first-order valence-corrected chi connectivity index (χ1v) is 8.30. The first-order valence-electron chi connectivity index (χ1n) is 8.30. The van der Waals surface area contributed by atoms with Crippen molar-refractivity contribution in [2.45, 2.75) is 33.1 Å². The standard InChI is InChI=1S/C20H22N2O2/c1-14-9-10-17(15(2)12-14)21-19(23)13-20(24)22-11-5-7-16-6-3-4-8-18(16)22/h3-4,6,8-10,12H,5,7,11,13H2,1-2H3,(H,21,23). The number of anilines is 2. The number of aryl methyl sites for hydroxylation is 3. The first kappa shape index (κ1) is 16.2. The van der Waals surface area contributed by atoms with Gasteiger partial charge in [0.05, 0.1) is 0 Å². The second-order valence-corrected chi connectivity index (χ2v) is 6.32. The molecule has 0 spiro atoms. The minimum Gasteiger partial charge on any atom is -0.325 e. The molecule has 1 aliphatic heterocycles. The lowest BCUT2D eigenvalue weighted by molar-refractivity contribution is -0.125. The summed E-state index contributed by atoms with van der Waals surface area (Å²) in [5.74, 6) is -0.417. The Kier molecular flexibility index (Phi) is 4.65. The molecule has 2 aromatic carbocycles. The van der Waals surface area contributed by atoms with Crippen molar-refractivity contribution >= 4 is 23.2 Å². The maximum absolute atomic E-state index is 12.6. The molecule has 1 N–H and O–H groups in total. The predicted molar refractivity (Wildman–Crippen MR) is 96.3 cm³/mol. The highest BCUT2D eigenvalue weighted by Gasteiger charge is 2.23. The Hall–Kier alpha value is -2.62. The Morgan fingerprint density at radius 2 is 1.92 bits per heavy atom. The van der Waals surface area contributed by atoms with Gasteiger partial charge in [-0.15, -0.1) is 0 Å². The Morgan fingerprint density at radius 3 is 2.71 bits per heavy atom. The number of carbonyl (C=O) groups excluding carboxylic acids is 2. The molecule has 3 rings (SSSR count). The summed E-state index contributed by atoms with van der Waals surface area (Å²) in [7, 11) is 0. The second kappa shape index (κ2) is 6.87. The summed E-state index contributed by atoms with van der Waals surface area (Å²) >= 11 is 0. The maximum Gasteiger partial charge on any atom is 0.236 e. The number of rotatable bonds is 3. The van der Waals surface area contributed by atoms with E-state index in [0.29, 0.717) is 6.54 Å². The van der Waals surface area contributed by atoms with Gasteiger partial charge in [-0.25, -0.2) is 0 Å². The number of nitrogens with zero attached hydrogens (tertiary/aromatic N) is 1. The lowest BCUT2D eigenvalue weighted by Crippen LogP contribution is -2.37. The van der Waals surface area contributed by atoms with Crippen molar-refractivity contribution in [2.75, 3.05) is 16.8 Å². The minimum atomic E-state index is -0.269. The van der Waals surface area contributed by atoms with Crippen molar-refractivity contribution in [3.8, 4) is 0 Å². The summed E-state index contributed by atoms with van der Waals surface area (Å²) in [6.45, 7) is 4.63. The Labute approximate surface area is 142 Å². The van der Waals surface area contributed by atoms with Crippen LogP contribution in [-0.4, -0.2) is 18.4 Å². The van der Waals surface area contributed by atoms with Crippen molar-refractivity contribution in [1.82, 2.24) is 0 Å². The lowest BCUT2D eigenvalue weighted by atomic mass is 10.0. The zero-order valence-electron chi connectivity index (χ0n) is 14.1. The predicted octanol–water partition coefficient (Wildman–Crippen LogP) is 3.61. The summed E-state index contributed by atoms with van der Waals surface area (Å²) in [5.41, 5.74) is 5.02. The van der Waals surface area contributed by atoms with E-state index in [4.69, 9.17) is 0 Å². The fraction of sp³-hybridized carbons (Fsp3) is 0.300. The van der Waals surface area contributed by atoms with E-state index in [2.05, 4.69) is 5.32 Å². The first-order chi connectivity index (χ1) is 11.5. The quantitative estimate of drug-likeness (QED) is 0.878. The zero-order chi connectivity index (χ0) is 17.1. The SMILES string of the molecule is Cc1ccc(NC(=O)CC(=O)N2CCCc3ccccc32)c(C)c1. The van der Waals surface area contributed by atoms with Crippen molar-refractivity contribution < 1.29 is 9.59 Å². The van der Waals surface area contributed by atoms with Crippen LogP contribution >= 0.6 is 0 Å². The van der Waals surface area contributed by atoms with Gasteiger partial charge in [0, 0.05) is 17.9 Å². The zero-order valence-corrected chi connectivity index (χ0v) is 14.1. The van der Waals surface area contributed by atoms with Gasteiger partial charge in [-0.1, -0.05) is 35.9 Å². The number of hydrogen-bond donors (Lipinski definition) is 1. The van der Waals surface area contributed by atoms with Gasteiger partial charge < -0.3 is 10.2 Å². The summed E-state index contributed by atoms with van der Waals surface area (Å²) < 4.78 is 0. The number of benzene rings is 2. The molecule has 0 aliphatic carbocycles. The average molecular weight is 322 g/mol. The van der Waals surface area contributed by atoms with E-state index >= 15 is 0 Å². The summed E-state index contributed by atoms with van der Waals surface area (Å²) in [4.78, 5) is 26.6. The van der Waals surface area contributed by atoms with Gasteiger partial charge in [-0.05, 0) is 49.9 Å². The topological polar surface area (TPSA) is 49.4 Å². The van der Waals surface area contributed by atoms with Crippen LogP contribution in [0.4, 0.5) is 11.4 Å². The van der Waals surface area contributed by atoms with Crippen LogP contribution < -0.4 is 10.2 Å². The molecule has 4 nitrogen and oxygen atoms in total. The summed E-state index contributed by atoms with van der Waals surface area (Å²) in [6, 6.07) is 13.8. The molecular formula is C20H22N2O2. The summed E-state index contributed by atoms with van der Waals surface area (Å²) in [5, 5.41) is 2.84. The average Bonchev–Trinajstić information content (AvgIpc) is 2.57. The normalized spacial score (nSPS) is 13.3. The van der Waals surface area contributed by atoms with E-state index in [1.165, 1.54) is 5.56 Å². The highest BCUT2D eigenvalue weighted by molar-refractivity contribution is 6.09. The molecule has 24 heavy (non-hydrogen) atoms. The highest BCUT2D eigenvalue weighted by Crippen LogP contribution is 2.27. The Balaban J connectivity index is 1.68. The van der Waals surface area contributed by atoms with E-state index in [1.54, 1.807) is 4.90 Å². The van der Waals surface area contributed by atoms with Crippen LogP contribution in [0.3, 0.4) is 0 Å². The molecule has 4 heteroatoms. The number of para-hydroxylation sites is 1. The molecule has 0 unspecified atom stereocenters. The van der Waals surface area contributed by atoms with Crippen LogP contribution in [0.25, 0.3) is 0 Å². The Morgan fingerprint density at radius 1 is 1.12 bits per heavy atom. The molecule has 1 heterocycles. The van der Waals surface area contributed by atoms with Gasteiger partial charge in [-0.3, -0.25) is 9.59 Å². The lowest BCUT2D eigenvalue weighted by Gasteiger charge is -2.29. The van der Waals surface area contributed by atoms with Gasteiger partial charge >= 0.3 is 0 Å². The molecule has 2 amide bonds. The van der Waals surface area contributed by atoms with Gasteiger partial charge in [-0.2, -0.15) is 0 Å². The molecule has 0 bridgehead atoms. The molecule has 2 aromatic rings. The molecule has 1 aliphatic rings. The molecule has 0 saturated carbocycles. The molecule has 0 aromatic heterocycles. The van der Waals surface area contributed by atoms with Crippen LogP contribution in [0.2, 0.25) is 0 Å². The van der Waals surface area contributed by atoms with Gasteiger partial charge in [0.2, 0.25) is 11.8 Å². The molecule has 0 radical (unpaired) electrons. The van der Waals surface area contributed by atoms with Crippen LogP contribution in [0, 0.1) is 13.8 Å². The van der Waals surface area contributed by atoms with Crippen molar-refractivity contribution in [2.24, 2.45) is 0 Å². The molecule has 124 valence electrons. The van der Waals surface area contributed by atoms with E-state index in [-0.39, 0.29) is 18.2 Å². The highest BCUT2D eigenvalue weighted by atomic mass is 16.2. The smallest absolute Gasteiger partial charge is 0.236 e. The van der Waals surface area contributed by atoms with Crippen LogP contribution in [0.15, 0.2) is 42.5 Å². The molecular weight excluding hydrogens is 300 g/mol. The largest absolute Gasteiger partial charge is 0.325 e. The van der Waals surface area contributed by atoms with E-state index in [1.807, 2.05) is 56.3 Å². The van der Waals surface area contributed by atoms with E-state index in [0.717, 1.165) is 35.3 Å². The van der Waals surface area contributed by atoms with E-state index in [9.17, 15) is 9.59 Å². The number of carbonyl (C=O) groups is 2. The number of hydrogen-bond acceptors (Lipinski definition) is 2.